The smallest absolute Gasteiger partial charge is 0.0223 e. The van der Waals surface area contributed by atoms with E-state index in [-0.39, 0.29) is 0 Å². The highest BCUT2D eigenvalue weighted by atomic mass is 15.2. The maximum Gasteiger partial charge on any atom is 0.0223 e. The number of rotatable bonds is 2. The van der Waals surface area contributed by atoms with Crippen molar-refractivity contribution in [1.29, 1.82) is 0 Å². The largest absolute Gasteiger partial charge is 0.311 e. The van der Waals surface area contributed by atoms with Gasteiger partial charge in [-0.1, -0.05) is 33.1 Å². The third kappa shape index (κ3) is 3.33. The van der Waals surface area contributed by atoms with Crippen LogP contribution >= 0.6 is 0 Å². The second kappa shape index (κ2) is 5.73. The molecule has 2 nitrogen and oxygen atoms in total. The third-order valence-electron chi connectivity index (χ3n) is 5.91. The first-order valence-corrected chi connectivity index (χ1v) is 8.61. The van der Waals surface area contributed by atoms with Crippen LogP contribution in [0.3, 0.4) is 0 Å². The van der Waals surface area contributed by atoms with E-state index in [0.29, 0.717) is 5.41 Å². The molecule has 2 unspecified atom stereocenters. The Morgan fingerprint density at radius 1 is 1.05 bits per heavy atom. The van der Waals surface area contributed by atoms with Gasteiger partial charge in [0.1, 0.15) is 0 Å². The fraction of sp³-hybridized carbons (Fsp3) is 1.00. The Bertz CT molecular complexity index is 294. The topological polar surface area (TPSA) is 15.3 Å². The minimum absolute atomic E-state index is 0.593. The molecular weight excluding hydrogens is 232 g/mol. The predicted octanol–water partition coefficient (Wildman–Crippen LogP) is 3.42. The van der Waals surface area contributed by atoms with E-state index in [0.717, 1.165) is 18.0 Å². The van der Waals surface area contributed by atoms with E-state index in [1.54, 1.807) is 0 Å². The van der Waals surface area contributed by atoms with Crippen LogP contribution in [0.25, 0.3) is 0 Å². The molecule has 2 atom stereocenters. The summed E-state index contributed by atoms with van der Waals surface area (Å²) in [4.78, 5) is 2.82. The molecule has 0 amide bonds. The summed E-state index contributed by atoms with van der Waals surface area (Å²) in [5.74, 6) is 0.964. The van der Waals surface area contributed by atoms with E-state index in [9.17, 15) is 0 Å². The third-order valence-corrected chi connectivity index (χ3v) is 5.91. The Kier molecular flexibility index (Phi) is 4.19. The van der Waals surface area contributed by atoms with Gasteiger partial charge in [-0.05, 0) is 43.4 Å². The number of hydrogen-bond donors (Lipinski definition) is 1. The highest BCUT2D eigenvalue weighted by Crippen LogP contribution is 2.40. The first-order chi connectivity index (χ1) is 9.14. The van der Waals surface area contributed by atoms with Crippen molar-refractivity contribution in [2.24, 2.45) is 11.3 Å². The zero-order valence-electron chi connectivity index (χ0n) is 13.0. The molecule has 1 aliphatic heterocycles. The van der Waals surface area contributed by atoms with Gasteiger partial charge in [0, 0.05) is 31.7 Å². The van der Waals surface area contributed by atoms with Gasteiger partial charge < -0.3 is 5.32 Å². The molecule has 1 saturated heterocycles. The molecule has 2 heteroatoms. The predicted molar refractivity (Wildman–Crippen MR) is 81.4 cm³/mol. The Morgan fingerprint density at radius 2 is 1.84 bits per heavy atom. The van der Waals surface area contributed by atoms with Crippen LogP contribution in [0.2, 0.25) is 0 Å². The lowest BCUT2D eigenvalue weighted by atomic mass is 9.83. The Morgan fingerprint density at radius 3 is 2.53 bits per heavy atom. The van der Waals surface area contributed by atoms with Gasteiger partial charge in [-0.25, -0.2) is 0 Å². The van der Waals surface area contributed by atoms with E-state index in [1.165, 1.54) is 71.0 Å². The zero-order chi connectivity index (χ0) is 13.3. The van der Waals surface area contributed by atoms with Crippen molar-refractivity contribution in [2.75, 3.05) is 19.6 Å². The molecule has 1 heterocycles. The van der Waals surface area contributed by atoms with Gasteiger partial charge in [0.25, 0.3) is 0 Å². The van der Waals surface area contributed by atoms with Crippen molar-refractivity contribution < 1.29 is 0 Å². The summed E-state index contributed by atoms with van der Waals surface area (Å²) in [6.45, 7) is 8.73. The van der Waals surface area contributed by atoms with E-state index in [1.807, 2.05) is 0 Å². The maximum atomic E-state index is 3.82. The molecule has 3 fully saturated rings. The van der Waals surface area contributed by atoms with Crippen LogP contribution in [-0.4, -0.2) is 36.6 Å². The summed E-state index contributed by atoms with van der Waals surface area (Å²) in [5, 5.41) is 3.82. The van der Waals surface area contributed by atoms with Crippen LogP contribution in [0.4, 0.5) is 0 Å². The van der Waals surface area contributed by atoms with Crippen molar-refractivity contribution in [3.8, 4) is 0 Å². The van der Waals surface area contributed by atoms with E-state index >= 15 is 0 Å². The van der Waals surface area contributed by atoms with Gasteiger partial charge in [0.05, 0.1) is 0 Å². The number of piperazine rings is 1. The lowest BCUT2D eigenvalue weighted by Crippen LogP contribution is -2.56. The summed E-state index contributed by atoms with van der Waals surface area (Å²) in [6.07, 6.45) is 11.6. The second-order valence-corrected chi connectivity index (χ2v) is 8.01. The monoisotopic (exact) mass is 264 g/mol. The van der Waals surface area contributed by atoms with Crippen LogP contribution in [-0.2, 0) is 0 Å². The molecule has 0 radical (unpaired) electrons. The van der Waals surface area contributed by atoms with Crippen LogP contribution in [0.1, 0.15) is 65.2 Å². The van der Waals surface area contributed by atoms with Crippen molar-refractivity contribution in [3.63, 3.8) is 0 Å². The molecule has 0 bridgehead atoms. The summed E-state index contributed by atoms with van der Waals surface area (Å²) >= 11 is 0. The van der Waals surface area contributed by atoms with Gasteiger partial charge in [0.15, 0.2) is 0 Å². The molecule has 2 saturated carbocycles. The minimum atomic E-state index is 0.593. The van der Waals surface area contributed by atoms with Gasteiger partial charge in [-0.2, -0.15) is 0 Å². The van der Waals surface area contributed by atoms with Crippen molar-refractivity contribution >= 4 is 0 Å². The van der Waals surface area contributed by atoms with Gasteiger partial charge in [-0.3, -0.25) is 4.90 Å². The summed E-state index contributed by atoms with van der Waals surface area (Å²) < 4.78 is 0. The van der Waals surface area contributed by atoms with E-state index in [2.05, 4.69) is 24.1 Å². The maximum absolute atomic E-state index is 3.82. The highest BCUT2D eigenvalue weighted by Gasteiger charge is 2.37. The van der Waals surface area contributed by atoms with Gasteiger partial charge in [-0.15, -0.1) is 0 Å². The van der Waals surface area contributed by atoms with Crippen molar-refractivity contribution in [1.82, 2.24) is 10.2 Å². The van der Waals surface area contributed by atoms with Crippen LogP contribution < -0.4 is 5.32 Å². The molecule has 0 spiro atoms. The lowest BCUT2D eigenvalue weighted by molar-refractivity contribution is 0.105. The van der Waals surface area contributed by atoms with Crippen LogP contribution in [0.5, 0.6) is 0 Å². The van der Waals surface area contributed by atoms with Gasteiger partial charge in [0.2, 0.25) is 0 Å². The average Bonchev–Trinajstić information content (AvgIpc) is 2.80. The Balaban J connectivity index is 1.56. The van der Waals surface area contributed by atoms with Crippen molar-refractivity contribution in [3.05, 3.63) is 0 Å². The average molecular weight is 264 g/mol. The molecule has 0 aromatic rings. The molecule has 3 aliphatic rings. The molecule has 3 rings (SSSR count). The summed E-state index contributed by atoms with van der Waals surface area (Å²) in [6, 6.07) is 1.67. The highest BCUT2D eigenvalue weighted by molar-refractivity contribution is 4.93. The molecule has 2 aliphatic carbocycles. The first kappa shape index (κ1) is 13.9. The van der Waals surface area contributed by atoms with Crippen LogP contribution in [0.15, 0.2) is 0 Å². The van der Waals surface area contributed by atoms with E-state index in [4.69, 9.17) is 0 Å². The molecule has 19 heavy (non-hydrogen) atoms. The first-order valence-electron chi connectivity index (χ1n) is 8.61. The summed E-state index contributed by atoms with van der Waals surface area (Å²) in [7, 11) is 0. The fourth-order valence-electron chi connectivity index (χ4n) is 4.70. The van der Waals surface area contributed by atoms with E-state index < -0.39 is 0 Å². The molecular formula is C17H32N2. The number of hydrogen-bond acceptors (Lipinski definition) is 2. The normalized spacial score (nSPS) is 37.6. The lowest BCUT2D eigenvalue weighted by Gasteiger charge is -2.42. The molecule has 0 aromatic carbocycles. The minimum Gasteiger partial charge on any atom is -0.311 e. The SMILES string of the molecule is CC1(C)CCC(N2CCNC(C3CCCCC3)C2)C1. The standard InChI is InChI=1S/C17H32N2/c1-17(2)9-8-15(12-17)19-11-10-18-16(13-19)14-6-4-3-5-7-14/h14-16,18H,3-13H2,1-2H3. The summed E-state index contributed by atoms with van der Waals surface area (Å²) in [5.41, 5.74) is 0.593. The fourth-order valence-corrected chi connectivity index (χ4v) is 4.70. The molecule has 0 aromatic heterocycles. The van der Waals surface area contributed by atoms with Crippen LogP contribution in [0, 0.1) is 11.3 Å². The second-order valence-electron chi connectivity index (χ2n) is 8.01. The quantitative estimate of drug-likeness (QED) is 0.822. The number of nitrogens with zero attached hydrogens (tertiary/aromatic N) is 1. The zero-order valence-corrected chi connectivity index (χ0v) is 13.0. The van der Waals surface area contributed by atoms with Gasteiger partial charge >= 0.3 is 0 Å². The Labute approximate surface area is 119 Å². The van der Waals surface area contributed by atoms with Crippen molar-refractivity contribution in [2.45, 2.75) is 77.3 Å². The molecule has 1 N–H and O–H groups in total. The Hall–Kier alpha value is -0.0800. The number of nitrogens with one attached hydrogen (secondary N) is 1. The molecule has 110 valence electrons.